The van der Waals surface area contributed by atoms with Crippen molar-refractivity contribution in [3.8, 4) is 17.0 Å². The first-order chi connectivity index (χ1) is 13.7. The number of fused-ring (bicyclic) bond motifs is 2. The zero-order valence-corrected chi connectivity index (χ0v) is 15.7. The van der Waals surface area contributed by atoms with Crippen LogP contribution in [-0.2, 0) is 13.0 Å². The summed E-state index contributed by atoms with van der Waals surface area (Å²) in [5.41, 5.74) is 6.28. The van der Waals surface area contributed by atoms with Gasteiger partial charge >= 0.3 is 0 Å². The second-order valence-electron chi connectivity index (χ2n) is 6.88. The summed E-state index contributed by atoms with van der Waals surface area (Å²) in [7, 11) is 1.62. The van der Waals surface area contributed by atoms with E-state index in [1.165, 1.54) is 5.56 Å². The molecule has 0 saturated heterocycles. The van der Waals surface area contributed by atoms with Crippen LogP contribution in [0, 0.1) is 6.92 Å². The zero-order valence-electron chi connectivity index (χ0n) is 15.7. The van der Waals surface area contributed by atoms with Crippen LogP contribution in [0.5, 0.6) is 5.88 Å². The van der Waals surface area contributed by atoms with Crippen molar-refractivity contribution in [1.29, 1.82) is 0 Å². The Balaban J connectivity index is 1.47. The highest BCUT2D eigenvalue weighted by molar-refractivity contribution is 5.63. The van der Waals surface area contributed by atoms with E-state index in [1.54, 1.807) is 18.0 Å². The van der Waals surface area contributed by atoms with E-state index in [0.717, 1.165) is 53.4 Å². The van der Waals surface area contributed by atoms with Crippen LogP contribution >= 0.6 is 0 Å². The van der Waals surface area contributed by atoms with Gasteiger partial charge in [-0.05, 0) is 36.2 Å². The molecule has 140 valence electrons. The van der Waals surface area contributed by atoms with Crippen molar-refractivity contribution in [3.63, 3.8) is 0 Å². The molecule has 0 bridgehead atoms. The van der Waals surface area contributed by atoms with Gasteiger partial charge in [-0.25, -0.2) is 4.98 Å². The van der Waals surface area contributed by atoms with Gasteiger partial charge in [-0.3, -0.25) is 4.98 Å². The summed E-state index contributed by atoms with van der Waals surface area (Å²) in [6, 6.07) is 8.08. The Labute approximate surface area is 161 Å². The van der Waals surface area contributed by atoms with Crippen molar-refractivity contribution in [2.75, 3.05) is 18.6 Å². The minimum absolute atomic E-state index is 0.603. The third kappa shape index (κ3) is 2.83. The van der Waals surface area contributed by atoms with E-state index >= 15 is 0 Å². The second-order valence-corrected chi connectivity index (χ2v) is 6.88. The van der Waals surface area contributed by atoms with Crippen molar-refractivity contribution in [1.82, 2.24) is 29.8 Å². The average molecular weight is 373 g/mol. The molecule has 4 aromatic rings. The lowest BCUT2D eigenvalue weighted by Gasteiger charge is -2.30. The van der Waals surface area contributed by atoms with Crippen LogP contribution in [-0.4, -0.2) is 43.4 Å². The summed E-state index contributed by atoms with van der Waals surface area (Å²) in [5.74, 6) is 1.56. The number of pyridine rings is 2. The summed E-state index contributed by atoms with van der Waals surface area (Å²) in [6.45, 7) is 3.70. The van der Waals surface area contributed by atoms with Crippen molar-refractivity contribution >= 4 is 11.5 Å². The Morgan fingerprint density at radius 2 is 1.96 bits per heavy atom. The standard InChI is InChI=1S/C20H19N7O/c1-13-7-18-24-23-12-27(18)25-20(13)26-6-5-17-16(11-26)8-15(10-21-17)14-3-4-19(28-2)22-9-14/h3-4,7-10,12H,5-6,11H2,1-2H3. The quantitative estimate of drug-likeness (QED) is 0.546. The van der Waals surface area contributed by atoms with Gasteiger partial charge in [-0.1, -0.05) is 0 Å². The summed E-state index contributed by atoms with van der Waals surface area (Å²) in [6.07, 6.45) is 6.25. The molecule has 0 N–H and O–H groups in total. The normalized spacial score (nSPS) is 13.6. The van der Waals surface area contributed by atoms with Crippen LogP contribution in [0.15, 0.2) is 43.0 Å². The van der Waals surface area contributed by atoms with E-state index in [1.807, 2.05) is 30.6 Å². The second kappa shape index (κ2) is 6.56. The molecule has 5 rings (SSSR count). The first-order valence-electron chi connectivity index (χ1n) is 9.12. The topological polar surface area (TPSA) is 81.3 Å². The van der Waals surface area contributed by atoms with Crippen molar-refractivity contribution in [2.45, 2.75) is 19.9 Å². The predicted molar refractivity (Wildman–Crippen MR) is 104 cm³/mol. The average Bonchev–Trinajstić information content (AvgIpc) is 3.19. The number of nitrogens with zero attached hydrogens (tertiary/aromatic N) is 7. The van der Waals surface area contributed by atoms with Crippen LogP contribution < -0.4 is 9.64 Å². The first-order valence-corrected chi connectivity index (χ1v) is 9.12. The molecule has 0 amide bonds. The maximum Gasteiger partial charge on any atom is 0.212 e. The number of hydrogen-bond donors (Lipinski definition) is 0. The van der Waals surface area contributed by atoms with Gasteiger partial charge in [0.15, 0.2) is 11.5 Å². The number of methoxy groups -OCH3 is 1. The first kappa shape index (κ1) is 16.6. The molecule has 28 heavy (non-hydrogen) atoms. The van der Waals surface area contributed by atoms with E-state index in [0.29, 0.717) is 5.88 Å². The lowest BCUT2D eigenvalue weighted by molar-refractivity contribution is 0.398. The van der Waals surface area contributed by atoms with E-state index in [2.05, 4.69) is 33.1 Å². The molecule has 0 aliphatic carbocycles. The van der Waals surface area contributed by atoms with Gasteiger partial charge in [-0.2, -0.15) is 4.52 Å². The highest BCUT2D eigenvalue weighted by Crippen LogP contribution is 2.28. The molecule has 1 aliphatic rings. The van der Waals surface area contributed by atoms with Crippen molar-refractivity contribution < 1.29 is 4.74 Å². The summed E-state index contributed by atoms with van der Waals surface area (Å²) in [4.78, 5) is 11.3. The van der Waals surface area contributed by atoms with Crippen molar-refractivity contribution in [3.05, 3.63) is 59.8 Å². The Morgan fingerprint density at radius 1 is 1.07 bits per heavy atom. The number of anilines is 1. The van der Waals surface area contributed by atoms with E-state index in [-0.39, 0.29) is 0 Å². The third-order valence-electron chi connectivity index (χ3n) is 5.07. The number of ether oxygens (including phenoxy) is 1. The molecule has 1 aliphatic heterocycles. The molecule has 8 nitrogen and oxygen atoms in total. The maximum absolute atomic E-state index is 5.14. The molecule has 0 fully saturated rings. The Bertz CT molecular complexity index is 1150. The molecule has 0 radical (unpaired) electrons. The van der Waals surface area contributed by atoms with Gasteiger partial charge in [0.2, 0.25) is 5.88 Å². The third-order valence-corrected chi connectivity index (χ3v) is 5.07. The molecular weight excluding hydrogens is 354 g/mol. The minimum Gasteiger partial charge on any atom is -0.481 e. The number of rotatable bonds is 3. The lowest BCUT2D eigenvalue weighted by Crippen LogP contribution is -2.32. The van der Waals surface area contributed by atoms with Crippen LogP contribution in [0.2, 0.25) is 0 Å². The molecule has 0 aromatic carbocycles. The van der Waals surface area contributed by atoms with Gasteiger partial charge in [-0.15, -0.1) is 15.3 Å². The Morgan fingerprint density at radius 3 is 2.79 bits per heavy atom. The fourth-order valence-electron chi connectivity index (χ4n) is 3.60. The number of aryl methyl sites for hydroxylation is 1. The number of hydrogen-bond acceptors (Lipinski definition) is 7. The molecule has 5 heterocycles. The highest BCUT2D eigenvalue weighted by atomic mass is 16.5. The lowest BCUT2D eigenvalue weighted by atomic mass is 10.0. The Kier molecular flexibility index (Phi) is 3.89. The van der Waals surface area contributed by atoms with Gasteiger partial charge < -0.3 is 9.64 Å². The molecule has 8 heteroatoms. The van der Waals surface area contributed by atoms with Crippen LogP contribution in [0.1, 0.15) is 16.8 Å². The molecule has 4 aromatic heterocycles. The van der Waals surface area contributed by atoms with E-state index in [9.17, 15) is 0 Å². The largest absolute Gasteiger partial charge is 0.481 e. The van der Waals surface area contributed by atoms with Crippen molar-refractivity contribution in [2.24, 2.45) is 0 Å². The highest BCUT2D eigenvalue weighted by Gasteiger charge is 2.21. The summed E-state index contributed by atoms with van der Waals surface area (Å²) in [5, 5.41) is 12.7. The van der Waals surface area contributed by atoms with E-state index < -0.39 is 0 Å². The van der Waals surface area contributed by atoms with Gasteiger partial charge in [0, 0.05) is 54.8 Å². The molecule has 0 atom stereocenters. The maximum atomic E-state index is 5.14. The summed E-state index contributed by atoms with van der Waals surface area (Å²) < 4.78 is 6.86. The minimum atomic E-state index is 0.603. The van der Waals surface area contributed by atoms with Crippen LogP contribution in [0.25, 0.3) is 16.8 Å². The smallest absolute Gasteiger partial charge is 0.212 e. The summed E-state index contributed by atoms with van der Waals surface area (Å²) >= 11 is 0. The van der Waals surface area contributed by atoms with Crippen LogP contribution in [0.3, 0.4) is 0 Å². The predicted octanol–water partition coefficient (Wildman–Crippen LogP) is 2.46. The number of aromatic nitrogens is 6. The monoisotopic (exact) mass is 373 g/mol. The molecular formula is C20H19N7O. The van der Waals surface area contributed by atoms with Gasteiger partial charge in [0.1, 0.15) is 6.33 Å². The fraction of sp³-hybridized carbons (Fsp3) is 0.250. The molecule has 0 spiro atoms. The van der Waals surface area contributed by atoms with Gasteiger partial charge in [0.05, 0.1) is 7.11 Å². The van der Waals surface area contributed by atoms with E-state index in [4.69, 9.17) is 14.8 Å². The van der Waals surface area contributed by atoms with Crippen LogP contribution in [0.4, 0.5) is 5.82 Å². The fourth-order valence-corrected chi connectivity index (χ4v) is 3.60. The molecule has 0 saturated carbocycles. The molecule has 0 unspecified atom stereocenters. The Hall–Kier alpha value is -3.55. The van der Waals surface area contributed by atoms with Gasteiger partial charge in [0.25, 0.3) is 0 Å². The SMILES string of the molecule is COc1ccc(-c2cnc3c(c2)CN(c2nn4cnnc4cc2C)CC3)cn1. The zero-order chi connectivity index (χ0) is 19.1.